The highest BCUT2D eigenvalue weighted by Crippen LogP contribution is 2.45. The van der Waals surface area contributed by atoms with E-state index in [1.807, 2.05) is 0 Å². The van der Waals surface area contributed by atoms with Crippen LogP contribution in [0, 0.1) is 5.92 Å². The summed E-state index contributed by atoms with van der Waals surface area (Å²) in [5.74, 6) is 0.456. The zero-order valence-electron chi connectivity index (χ0n) is 13.0. The number of aromatic nitrogens is 1. The van der Waals surface area contributed by atoms with E-state index in [9.17, 15) is 4.79 Å². The number of methoxy groups -OCH3 is 1. The summed E-state index contributed by atoms with van der Waals surface area (Å²) in [6, 6.07) is 9.04. The summed E-state index contributed by atoms with van der Waals surface area (Å²) in [6.07, 6.45) is 3.75. The number of para-hydroxylation sites is 1. The molecule has 4 heteroatoms. The van der Waals surface area contributed by atoms with Gasteiger partial charge in [-0.1, -0.05) is 18.2 Å². The largest absolute Gasteiger partial charge is 0.469 e. The number of hydrogen-bond acceptors (Lipinski definition) is 3. The number of hydrogen-bond donors (Lipinski definition) is 1. The number of carbonyl (C=O) groups excluding carboxylic acids is 1. The van der Waals surface area contributed by atoms with Gasteiger partial charge in [0.25, 0.3) is 0 Å². The second-order valence-electron chi connectivity index (χ2n) is 6.46. The van der Waals surface area contributed by atoms with Crippen molar-refractivity contribution >= 4 is 16.9 Å². The van der Waals surface area contributed by atoms with Gasteiger partial charge in [-0.15, -0.1) is 0 Å². The van der Waals surface area contributed by atoms with E-state index < -0.39 is 0 Å². The smallest absolute Gasteiger partial charge is 0.305 e. The first-order valence-corrected chi connectivity index (χ1v) is 8.18. The molecule has 3 heterocycles. The Morgan fingerprint density at radius 1 is 1.36 bits per heavy atom. The summed E-state index contributed by atoms with van der Waals surface area (Å²) in [7, 11) is 1.47. The summed E-state index contributed by atoms with van der Waals surface area (Å²) in [5, 5.41) is 1.37. The number of rotatable bonds is 3. The molecular formula is C18H22N2O2. The van der Waals surface area contributed by atoms with Crippen LogP contribution in [0.1, 0.15) is 36.6 Å². The van der Waals surface area contributed by atoms with Crippen LogP contribution in [0.15, 0.2) is 24.3 Å². The van der Waals surface area contributed by atoms with E-state index in [0.717, 1.165) is 25.9 Å². The van der Waals surface area contributed by atoms with Crippen molar-refractivity contribution in [2.24, 2.45) is 5.92 Å². The Morgan fingerprint density at radius 2 is 2.23 bits per heavy atom. The lowest BCUT2D eigenvalue weighted by molar-refractivity contribution is -0.141. The molecule has 0 spiro atoms. The maximum absolute atomic E-state index is 11.5. The van der Waals surface area contributed by atoms with Crippen molar-refractivity contribution in [3.05, 3.63) is 35.5 Å². The lowest BCUT2D eigenvalue weighted by Crippen LogP contribution is -2.32. The third-order valence-electron chi connectivity index (χ3n) is 5.37. The summed E-state index contributed by atoms with van der Waals surface area (Å²) < 4.78 is 4.80. The molecule has 0 amide bonds. The number of H-pyrrole nitrogens is 1. The van der Waals surface area contributed by atoms with E-state index in [-0.39, 0.29) is 5.97 Å². The van der Waals surface area contributed by atoms with Crippen LogP contribution in [0.2, 0.25) is 0 Å². The quantitative estimate of drug-likeness (QED) is 0.886. The highest BCUT2D eigenvalue weighted by molar-refractivity contribution is 5.85. The summed E-state index contributed by atoms with van der Waals surface area (Å²) in [5.41, 5.74) is 4.12. The van der Waals surface area contributed by atoms with Gasteiger partial charge in [-0.05, 0) is 43.4 Å². The highest BCUT2D eigenvalue weighted by Gasteiger charge is 2.40. The lowest BCUT2D eigenvalue weighted by atomic mass is 9.88. The molecule has 2 aliphatic rings. The Balaban J connectivity index is 1.66. The second kappa shape index (κ2) is 5.43. The molecule has 2 aliphatic heterocycles. The van der Waals surface area contributed by atoms with Crippen molar-refractivity contribution in [3.63, 3.8) is 0 Å². The fourth-order valence-corrected chi connectivity index (χ4v) is 4.30. The van der Waals surface area contributed by atoms with Gasteiger partial charge in [0.1, 0.15) is 0 Å². The third kappa shape index (κ3) is 2.13. The first-order valence-electron chi connectivity index (χ1n) is 8.18. The fraction of sp³-hybridized carbons (Fsp3) is 0.500. The molecule has 0 bridgehead atoms. The number of carbonyl (C=O) groups is 1. The highest BCUT2D eigenvalue weighted by atomic mass is 16.5. The SMILES string of the molecule is COC(=O)CC[C@@H]1CCN2CCc3c([nH]c4ccccc34)[C@H]12. The Hall–Kier alpha value is -1.81. The predicted molar refractivity (Wildman–Crippen MR) is 85.7 cm³/mol. The molecule has 1 fully saturated rings. The summed E-state index contributed by atoms with van der Waals surface area (Å²) >= 11 is 0. The average molecular weight is 298 g/mol. The molecule has 1 aromatic heterocycles. The van der Waals surface area contributed by atoms with E-state index in [2.05, 4.69) is 34.1 Å². The molecule has 22 heavy (non-hydrogen) atoms. The van der Waals surface area contributed by atoms with Crippen molar-refractivity contribution in [3.8, 4) is 0 Å². The molecule has 2 atom stereocenters. The first-order chi connectivity index (χ1) is 10.8. The van der Waals surface area contributed by atoms with Crippen molar-refractivity contribution in [2.45, 2.75) is 31.7 Å². The second-order valence-corrected chi connectivity index (χ2v) is 6.46. The number of nitrogens with one attached hydrogen (secondary N) is 1. The monoisotopic (exact) mass is 298 g/mol. The topological polar surface area (TPSA) is 45.3 Å². The summed E-state index contributed by atoms with van der Waals surface area (Å²) in [6.45, 7) is 2.28. The molecule has 4 nitrogen and oxygen atoms in total. The zero-order chi connectivity index (χ0) is 15.1. The molecule has 0 saturated carbocycles. The number of fused-ring (bicyclic) bond motifs is 5. The van der Waals surface area contributed by atoms with Crippen LogP contribution < -0.4 is 0 Å². The molecule has 4 rings (SSSR count). The molecule has 1 N–H and O–H groups in total. The minimum atomic E-state index is -0.0915. The zero-order valence-corrected chi connectivity index (χ0v) is 13.0. The van der Waals surface area contributed by atoms with Gasteiger partial charge in [-0.25, -0.2) is 0 Å². The van der Waals surface area contributed by atoms with E-state index >= 15 is 0 Å². The Kier molecular flexibility index (Phi) is 3.41. The van der Waals surface area contributed by atoms with Crippen LogP contribution >= 0.6 is 0 Å². The van der Waals surface area contributed by atoms with E-state index in [0.29, 0.717) is 18.4 Å². The van der Waals surface area contributed by atoms with Crippen molar-refractivity contribution in [1.82, 2.24) is 9.88 Å². The standard InChI is InChI=1S/C18H22N2O2/c1-22-16(21)7-6-12-8-10-20-11-9-14-13-4-2-3-5-15(13)19-17(14)18(12)20/h2-5,12,18-19H,6-11H2,1H3/t12-,18+/m1/s1. The van der Waals surface area contributed by atoms with Crippen molar-refractivity contribution in [2.75, 3.05) is 20.2 Å². The van der Waals surface area contributed by atoms with E-state index in [1.165, 1.54) is 35.7 Å². The maximum atomic E-state index is 11.5. The normalized spacial score (nSPS) is 24.2. The van der Waals surface area contributed by atoms with Crippen LogP contribution in [0.3, 0.4) is 0 Å². The van der Waals surface area contributed by atoms with Crippen molar-refractivity contribution in [1.29, 1.82) is 0 Å². The minimum absolute atomic E-state index is 0.0915. The molecule has 1 aromatic carbocycles. The molecule has 0 radical (unpaired) electrons. The summed E-state index contributed by atoms with van der Waals surface area (Å²) in [4.78, 5) is 17.7. The van der Waals surface area contributed by atoms with Crippen LogP contribution in [-0.4, -0.2) is 36.1 Å². The predicted octanol–water partition coefficient (Wildman–Crippen LogP) is 3.04. The Labute approximate surface area is 130 Å². The first kappa shape index (κ1) is 13.8. The molecule has 1 saturated heterocycles. The molecule has 116 valence electrons. The number of aromatic amines is 1. The van der Waals surface area contributed by atoms with Gasteiger partial charge in [-0.3, -0.25) is 9.69 Å². The van der Waals surface area contributed by atoms with Gasteiger partial charge in [0, 0.05) is 29.6 Å². The lowest BCUT2D eigenvalue weighted by Gasteiger charge is -2.32. The van der Waals surface area contributed by atoms with Crippen LogP contribution in [0.25, 0.3) is 10.9 Å². The molecular weight excluding hydrogens is 276 g/mol. The fourth-order valence-electron chi connectivity index (χ4n) is 4.30. The Bertz CT molecular complexity index is 706. The molecule has 0 unspecified atom stereocenters. The minimum Gasteiger partial charge on any atom is -0.469 e. The van der Waals surface area contributed by atoms with E-state index in [4.69, 9.17) is 4.74 Å². The third-order valence-corrected chi connectivity index (χ3v) is 5.37. The van der Waals surface area contributed by atoms with Gasteiger partial charge in [0.2, 0.25) is 0 Å². The number of esters is 1. The van der Waals surface area contributed by atoms with Gasteiger partial charge in [0.05, 0.1) is 13.2 Å². The van der Waals surface area contributed by atoms with Crippen LogP contribution in [-0.2, 0) is 16.0 Å². The maximum Gasteiger partial charge on any atom is 0.305 e. The van der Waals surface area contributed by atoms with E-state index in [1.54, 1.807) is 0 Å². The van der Waals surface area contributed by atoms with Crippen molar-refractivity contribution < 1.29 is 9.53 Å². The van der Waals surface area contributed by atoms with Crippen LogP contribution in [0.4, 0.5) is 0 Å². The van der Waals surface area contributed by atoms with Crippen LogP contribution in [0.5, 0.6) is 0 Å². The van der Waals surface area contributed by atoms with Gasteiger partial charge in [0.15, 0.2) is 0 Å². The van der Waals surface area contributed by atoms with Gasteiger partial charge < -0.3 is 9.72 Å². The Morgan fingerprint density at radius 3 is 3.09 bits per heavy atom. The number of ether oxygens (including phenoxy) is 1. The molecule has 0 aliphatic carbocycles. The average Bonchev–Trinajstić information content (AvgIpc) is 3.13. The number of nitrogens with zero attached hydrogens (tertiary/aromatic N) is 1. The van der Waals surface area contributed by atoms with Gasteiger partial charge in [-0.2, -0.15) is 0 Å². The molecule has 2 aromatic rings. The van der Waals surface area contributed by atoms with Gasteiger partial charge >= 0.3 is 5.97 Å². The number of benzene rings is 1.